The molecule has 3 aromatic heterocycles. The van der Waals surface area contributed by atoms with E-state index >= 15 is 0 Å². The number of nitrogens with one attached hydrogen (secondary N) is 2. The maximum Gasteiger partial charge on any atom is 0.276 e. The molecule has 5 heterocycles. The number of aromatic amines is 1. The van der Waals surface area contributed by atoms with E-state index in [1.165, 1.54) is 15.4 Å². The van der Waals surface area contributed by atoms with Crippen LogP contribution < -0.4 is 10.9 Å². The van der Waals surface area contributed by atoms with Crippen molar-refractivity contribution in [2.45, 2.75) is 26.2 Å². The molecule has 10 heteroatoms. The molecule has 1 spiro atoms. The minimum atomic E-state index is -0.314. The Hall–Kier alpha value is -3.43. The van der Waals surface area contributed by atoms with Crippen LogP contribution in [0, 0.1) is 12.3 Å². The van der Waals surface area contributed by atoms with Crippen LogP contribution >= 0.6 is 0 Å². The van der Waals surface area contributed by atoms with Gasteiger partial charge in [-0.05, 0) is 38.3 Å². The molecule has 0 aliphatic carbocycles. The zero-order chi connectivity index (χ0) is 20.2. The van der Waals surface area contributed by atoms with Crippen LogP contribution in [0.25, 0.3) is 11.5 Å². The number of rotatable bonds is 2. The van der Waals surface area contributed by atoms with Gasteiger partial charge in [-0.3, -0.25) is 19.4 Å². The van der Waals surface area contributed by atoms with Crippen LogP contribution in [0.2, 0.25) is 0 Å². The zero-order valence-corrected chi connectivity index (χ0v) is 16.0. The van der Waals surface area contributed by atoms with Crippen molar-refractivity contribution in [2.75, 3.05) is 19.6 Å². The highest BCUT2D eigenvalue weighted by Gasteiger charge is 2.45. The fourth-order valence-corrected chi connectivity index (χ4v) is 4.36. The van der Waals surface area contributed by atoms with Gasteiger partial charge in [0.1, 0.15) is 5.52 Å². The van der Waals surface area contributed by atoms with Crippen LogP contribution in [0.4, 0.5) is 0 Å². The quantitative estimate of drug-likeness (QED) is 0.645. The van der Waals surface area contributed by atoms with E-state index in [2.05, 4.69) is 20.5 Å². The summed E-state index contributed by atoms with van der Waals surface area (Å²) in [6, 6.07) is 3.41. The number of carbonyl (C=O) groups is 2. The van der Waals surface area contributed by atoms with Gasteiger partial charge in [0.2, 0.25) is 11.9 Å². The van der Waals surface area contributed by atoms with Crippen molar-refractivity contribution in [2.24, 2.45) is 5.41 Å². The lowest BCUT2D eigenvalue weighted by Gasteiger charge is -2.37. The summed E-state index contributed by atoms with van der Waals surface area (Å²) >= 11 is 0. The SMILES string of the molecule is Cc1c(C(=O)N2CCC3(CCNC3=O)CC2)cnn1-c1nn2cccc2c(=O)[nH]1. The second kappa shape index (κ2) is 6.29. The summed E-state index contributed by atoms with van der Waals surface area (Å²) in [5.41, 5.74) is 0.911. The molecule has 0 radical (unpaired) electrons. The highest BCUT2D eigenvalue weighted by atomic mass is 16.2. The van der Waals surface area contributed by atoms with Crippen molar-refractivity contribution in [1.82, 2.24) is 34.6 Å². The number of piperidine rings is 1. The van der Waals surface area contributed by atoms with Crippen molar-refractivity contribution in [1.29, 1.82) is 0 Å². The molecule has 2 saturated heterocycles. The van der Waals surface area contributed by atoms with E-state index in [1.54, 1.807) is 30.2 Å². The summed E-state index contributed by atoms with van der Waals surface area (Å²) in [5.74, 6) is 0.242. The largest absolute Gasteiger partial charge is 0.356 e. The maximum atomic E-state index is 13.1. The Morgan fingerprint density at radius 1 is 1.21 bits per heavy atom. The Morgan fingerprint density at radius 2 is 2.00 bits per heavy atom. The molecule has 2 fully saturated rings. The van der Waals surface area contributed by atoms with Crippen molar-refractivity contribution < 1.29 is 9.59 Å². The van der Waals surface area contributed by atoms with E-state index in [0.717, 1.165) is 13.0 Å². The predicted molar refractivity (Wildman–Crippen MR) is 103 cm³/mol. The Bertz CT molecular complexity index is 1180. The molecular weight excluding hydrogens is 374 g/mol. The molecule has 150 valence electrons. The van der Waals surface area contributed by atoms with Gasteiger partial charge in [-0.25, -0.2) is 9.20 Å². The van der Waals surface area contributed by atoms with Gasteiger partial charge in [-0.1, -0.05) is 0 Å². The number of amides is 2. The first kappa shape index (κ1) is 17.7. The lowest BCUT2D eigenvalue weighted by Crippen LogP contribution is -2.46. The monoisotopic (exact) mass is 395 g/mol. The van der Waals surface area contributed by atoms with E-state index in [-0.39, 0.29) is 28.7 Å². The number of carbonyl (C=O) groups excluding carboxylic acids is 2. The number of likely N-dealkylation sites (tertiary alicyclic amines) is 1. The van der Waals surface area contributed by atoms with E-state index in [1.807, 2.05) is 0 Å². The Balaban J connectivity index is 1.40. The third-order valence-corrected chi connectivity index (χ3v) is 6.21. The first-order valence-corrected chi connectivity index (χ1v) is 9.69. The minimum absolute atomic E-state index is 0.115. The van der Waals surface area contributed by atoms with E-state index < -0.39 is 0 Å². The van der Waals surface area contributed by atoms with E-state index in [0.29, 0.717) is 42.7 Å². The Morgan fingerprint density at radius 3 is 2.72 bits per heavy atom. The third-order valence-electron chi connectivity index (χ3n) is 6.21. The second-order valence-electron chi connectivity index (χ2n) is 7.75. The molecule has 29 heavy (non-hydrogen) atoms. The molecule has 3 aromatic rings. The molecule has 2 amide bonds. The number of fused-ring (bicyclic) bond motifs is 1. The molecule has 0 aromatic carbocycles. The Kier molecular flexibility index (Phi) is 3.83. The highest BCUT2D eigenvalue weighted by Crippen LogP contribution is 2.38. The van der Waals surface area contributed by atoms with Crippen LogP contribution in [0.5, 0.6) is 0 Å². The zero-order valence-electron chi connectivity index (χ0n) is 16.0. The summed E-state index contributed by atoms with van der Waals surface area (Å²) in [6.07, 6.45) is 5.38. The van der Waals surface area contributed by atoms with E-state index in [4.69, 9.17) is 0 Å². The average Bonchev–Trinajstić information content (AvgIpc) is 3.42. The lowest BCUT2D eigenvalue weighted by atomic mass is 9.77. The second-order valence-corrected chi connectivity index (χ2v) is 7.75. The minimum Gasteiger partial charge on any atom is -0.356 e. The molecular formula is C19H21N7O3. The smallest absolute Gasteiger partial charge is 0.276 e. The van der Waals surface area contributed by atoms with Gasteiger partial charge in [0.15, 0.2) is 0 Å². The molecule has 5 rings (SSSR count). The first-order valence-electron chi connectivity index (χ1n) is 9.69. The predicted octanol–water partition coefficient (Wildman–Crippen LogP) is 0.259. The summed E-state index contributed by atoms with van der Waals surface area (Å²) in [5, 5.41) is 11.5. The molecule has 0 bridgehead atoms. The van der Waals surface area contributed by atoms with Gasteiger partial charge in [-0.15, -0.1) is 5.10 Å². The number of aromatic nitrogens is 5. The van der Waals surface area contributed by atoms with Gasteiger partial charge in [-0.2, -0.15) is 5.10 Å². The van der Waals surface area contributed by atoms with Crippen LogP contribution in [0.1, 0.15) is 35.3 Å². The molecule has 10 nitrogen and oxygen atoms in total. The summed E-state index contributed by atoms with van der Waals surface area (Å²) in [6.45, 7) is 3.58. The van der Waals surface area contributed by atoms with Crippen molar-refractivity contribution in [3.05, 3.63) is 46.1 Å². The fraction of sp³-hybridized carbons (Fsp3) is 0.421. The molecule has 2 aliphatic rings. The molecule has 2 N–H and O–H groups in total. The number of H-pyrrole nitrogens is 1. The third kappa shape index (κ3) is 2.66. The number of hydrogen-bond acceptors (Lipinski definition) is 5. The lowest BCUT2D eigenvalue weighted by molar-refractivity contribution is -0.129. The van der Waals surface area contributed by atoms with Crippen LogP contribution in [-0.2, 0) is 4.79 Å². The van der Waals surface area contributed by atoms with Gasteiger partial charge in [0.05, 0.1) is 22.9 Å². The summed E-state index contributed by atoms with van der Waals surface area (Å²) < 4.78 is 2.94. The first-order chi connectivity index (χ1) is 14.0. The van der Waals surface area contributed by atoms with Crippen LogP contribution in [0.3, 0.4) is 0 Å². The van der Waals surface area contributed by atoms with Crippen LogP contribution in [-0.4, -0.2) is 60.7 Å². The fourth-order valence-electron chi connectivity index (χ4n) is 4.36. The molecule has 0 atom stereocenters. The molecule has 0 saturated carbocycles. The Labute approximate surface area is 165 Å². The van der Waals surface area contributed by atoms with E-state index in [9.17, 15) is 14.4 Å². The topological polar surface area (TPSA) is 117 Å². The highest BCUT2D eigenvalue weighted by molar-refractivity contribution is 5.95. The van der Waals surface area contributed by atoms with Gasteiger partial charge in [0.25, 0.3) is 11.5 Å². The summed E-state index contributed by atoms with van der Waals surface area (Å²) in [4.78, 5) is 41.9. The van der Waals surface area contributed by atoms with Crippen molar-refractivity contribution in [3.63, 3.8) is 0 Å². The standard InChI is InChI=1S/C19H21N7O3/c1-12-13(16(28)24-9-5-19(6-10-24)4-7-20-17(19)29)11-21-26(12)18-22-15(27)14-3-2-8-25(14)23-18/h2-3,8,11H,4-7,9-10H2,1H3,(H,20,29)(H,22,23,27). The average molecular weight is 395 g/mol. The van der Waals surface area contributed by atoms with Crippen LogP contribution in [0.15, 0.2) is 29.3 Å². The molecule has 2 aliphatic heterocycles. The number of hydrogen-bond donors (Lipinski definition) is 2. The molecule has 0 unspecified atom stereocenters. The number of nitrogens with zero attached hydrogens (tertiary/aromatic N) is 5. The maximum absolute atomic E-state index is 13.1. The van der Waals surface area contributed by atoms with Gasteiger partial charge < -0.3 is 10.2 Å². The van der Waals surface area contributed by atoms with Gasteiger partial charge >= 0.3 is 0 Å². The van der Waals surface area contributed by atoms with Gasteiger partial charge in [0, 0.05) is 25.8 Å². The normalized spacial score (nSPS) is 18.5. The van der Waals surface area contributed by atoms with Crippen molar-refractivity contribution in [3.8, 4) is 5.95 Å². The summed E-state index contributed by atoms with van der Waals surface area (Å²) in [7, 11) is 0. The van der Waals surface area contributed by atoms with Crippen molar-refractivity contribution >= 4 is 17.3 Å².